The van der Waals surface area contributed by atoms with E-state index in [1.54, 1.807) is 0 Å². The highest BCUT2D eigenvalue weighted by atomic mass is 16.8. The number of fused-ring (bicyclic) bond motifs is 5. The summed E-state index contributed by atoms with van der Waals surface area (Å²) >= 11 is 0. The van der Waals surface area contributed by atoms with E-state index in [-0.39, 0.29) is 30.3 Å². The van der Waals surface area contributed by atoms with Crippen LogP contribution in [0.15, 0.2) is 11.6 Å². The highest BCUT2D eigenvalue weighted by Gasteiger charge is 2.73. The van der Waals surface area contributed by atoms with Gasteiger partial charge in [0.15, 0.2) is 12.6 Å². The third-order valence-electron chi connectivity index (χ3n) is 16.1. The Kier molecular flexibility index (Phi) is 12.0. The van der Waals surface area contributed by atoms with Gasteiger partial charge in [0.25, 0.3) is 0 Å². The van der Waals surface area contributed by atoms with E-state index < -0.39 is 107 Å². The van der Waals surface area contributed by atoms with Crippen molar-refractivity contribution in [3.05, 3.63) is 11.6 Å². The smallest absolute Gasteiger partial charge is 0.187 e. The number of aliphatic hydroxyl groups is 9. The van der Waals surface area contributed by atoms with Gasteiger partial charge in [-0.3, -0.25) is 0 Å². The highest BCUT2D eigenvalue weighted by molar-refractivity contribution is 5.22. The van der Waals surface area contributed by atoms with Gasteiger partial charge in [0.2, 0.25) is 0 Å². The topological polar surface area (TPSA) is 219 Å². The average molecular weight is 771 g/mol. The first-order valence-corrected chi connectivity index (χ1v) is 20.4. The van der Waals surface area contributed by atoms with Crippen LogP contribution in [0.2, 0.25) is 0 Å². The van der Waals surface area contributed by atoms with Gasteiger partial charge in [-0.05, 0) is 117 Å². The van der Waals surface area contributed by atoms with Gasteiger partial charge in [-0.2, -0.15) is 0 Å². The molecule has 2 heterocycles. The quantitative estimate of drug-likeness (QED) is 0.121. The molecular formula is C41H70O13. The predicted octanol–water partition coefficient (Wildman–Crippen LogP) is 1.76. The number of hydrogen-bond donors (Lipinski definition) is 9. The molecular weight excluding hydrogens is 700 g/mol. The molecule has 0 radical (unpaired) electrons. The Morgan fingerprint density at radius 1 is 0.833 bits per heavy atom. The molecule has 54 heavy (non-hydrogen) atoms. The van der Waals surface area contributed by atoms with E-state index in [0.717, 1.165) is 19.3 Å². The molecule has 6 fully saturated rings. The second-order valence-corrected chi connectivity index (χ2v) is 19.8. The molecule has 9 N–H and O–H groups in total. The average Bonchev–Trinajstić information content (AvgIpc) is 3.48. The van der Waals surface area contributed by atoms with E-state index in [9.17, 15) is 46.0 Å². The van der Waals surface area contributed by atoms with Gasteiger partial charge in [0.1, 0.15) is 42.7 Å². The number of ether oxygens (including phenoxy) is 4. The van der Waals surface area contributed by atoms with Crippen molar-refractivity contribution < 1.29 is 64.9 Å². The molecule has 0 bridgehead atoms. The molecule has 13 nitrogen and oxygen atoms in total. The summed E-state index contributed by atoms with van der Waals surface area (Å²) in [7, 11) is 0. The van der Waals surface area contributed by atoms with Crippen LogP contribution in [0.5, 0.6) is 0 Å². The van der Waals surface area contributed by atoms with Crippen LogP contribution in [0.3, 0.4) is 0 Å². The van der Waals surface area contributed by atoms with Crippen LogP contribution in [-0.4, -0.2) is 138 Å². The summed E-state index contributed by atoms with van der Waals surface area (Å²) in [6, 6.07) is 0. The molecule has 0 aromatic heterocycles. The maximum absolute atomic E-state index is 12.2. The molecule has 0 aromatic rings. The number of rotatable bonds is 9. The molecule has 20 atom stereocenters. The summed E-state index contributed by atoms with van der Waals surface area (Å²) in [5.74, 6) is -0.513. The van der Waals surface area contributed by atoms with Gasteiger partial charge in [-0.25, -0.2) is 0 Å². The van der Waals surface area contributed by atoms with Crippen molar-refractivity contribution in [2.24, 2.45) is 45.3 Å². The van der Waals surface area contributed by atoms with Gasteiger partial charge in [0, 0.05) is 0 Å². The summed E-state index contributed by atoms with van der Waals surface area (Å²) in [5.41, 5.74) is -1.69. The monoisotopic (exact) mass is 770 g/mol. The maximum atomic E-state index is 12.2. The lowest BCUT2D eigenvalue weighted by Gasteiger charge is -2.72. The molecule has 4 saturated carbocycles. The predicted molar refractivity (Wildman–Crippen MR) is 196 cm³/mol. The molecule has 0 amide bonds. The molecule has 13 heteroatoms. The lowest BCUT2D eigenvalue weighted by Crippen LogP contribution is -2.71. The molecule has 9 unspecified atom stereocenters. The minimum absolute atomic E-state index is 0.0443. The SMILES string of the molecule is CC(C)=CCCC(C)(O)C1CCC2(C)[C@@H]1[C@H](O)CC1[C@@]3(C)CC[C@H](O)C(C)(C)C3C(O[C@@H]3OC(CO)[C@@H](O)C(O)[C@H]3O[C@H]3OC[C@H](O)C(O)[C@@H]3O)C[C@]12C. The Hall–Kier alpha value is -0.780. The third kappa shape index (κ3) is 6.86. The Labute approximate surface area is 320 Å². The summed E-state index contributed by atoms with van der Waals surface area (Å²) < 4.78 is 24.8. The summed E-state index contributed by atoms with van der Waals surface area (Å²) in [5, 5.41) is 99.6. The first-order chi connectivity index (χ1) is 25.0. The fraction of sp³-hybridized carbons (Fsp3) is 0.951. The first kappa shape index (κ1) is 42.8. The number of hydrogen-bond acceptors (Lipinski definition) is 13. The van der Waals surface area contributed by atoms with E-state index in [4.69, 9.17) is 18.9 Å². The van der Waals surface area contributed by atoms with Crippen molar-refractivity contribution in [2.75, 3.05) is 13.2 Å². The Bertz CT molecular complexity index is 1350. The maximum Gasteiger partial charge on any atom is 0.187 e. The van der Waals surface area contributed by atoms with Gasteiger partial charge in [0.05, 0.1) is 37.1 Å². The number of aliphatic hydroxyl groups excluding tert-OH is 8. The van der Waals surface area contributed by atoms with E-state index in [0.29, 0.717) is 32.1 Å². The third-order valence-corrected chi connectivity index (χ3v) is 16.1. The van der Waals surface area contributed by atoms with Crippen molar-refractivity contribution in [1.82, 2.24) is 0 Å². The van der Waals surface area contributed by atoms with Crippen LogP contribution < -0.4 is 0 Å². The normalized spacial score (nSPS) is 52.8. The van der Waals surface area contributed by atoms with Gasteiger partial charge < -0.3 is 64.9 Å². The van der Waals surface area contributed by atoms with Crippen LogP contribution in [0.25, 0.3) is 0 Å². The van der Waals surface area contributed by atoms with Crippen LogP contribution in [0, 0.1) is 45.3 Å². The Balaban J connectivity index is 1.38. The Morgan fingerprint density at radius 2 is 1.52 bits per heavy atom. The standard InChI is InChI=1S/C41H70O13/c1-20(2)10-9-13-41(8,50)21-11-15-39(6)28(21)22(43)16-26-38(5)14-12-27(45)37(3,4)34(38)24(17-40(26,39)7)52-36-33(31(48)30(47)25(18-42)53-36)54-35-32(49)29(46)23(44)19-51-35/h10,21-36,42-50H,9,11-19H2,1-8H3/t21?,22-,23+,24?,25?,26?,27+,28+,29?,30-,31?,32+,33-,34?,35-,36-,38-,39?,40-,41?/m1/s1. The molecule has 312 valence electrons. The van der Waals surface area contributed by atoms with Crippen LogP contribution >= 0.6 is 0 Å². The molecule has 2 aliphatic heterocycles. The molecule has 0 aromatic carbocycles. The fourth-order valence-corrected chi connectivity index (χ4v) is 13.1. The van der Waals surface area contributed by atoms with Gasteiger partial charge in [-0.15, -0.1) is 0 Å². The largest absolute Gasteiger partial charge is 0.394 e. The minimum atomic E-state index is -1.68. The summed E-state index contributed by atoms with van der Waals surface area (Å²) in [6.07, 6.45) is -7.90. The molecule has 6 aliphatic rings. The van der Waals surface area contributed by atoms with Crippen molar-refractivity contribution in [1.29, 1.82) is 0 Å². The van der Waals surface area contributed by atoms with E-state index >= 15 is 0 Å². The van der Waals surface area contributed by atoms with Crippen molar-refractivity contribution >= 4 is 0 Å². The van der Waals surface area contributed by atoms with Crippen molar-refractivity contribution in [2.45, 2.75) is 186 Å². The molecule has 0 spiro atoms. The van der Waals surface area contributed by atoms with E-state index in [1.807, 2.05) is 20.8 Å². The molecule has 6 rings (SSSR count). The minimum Gasteiger partial charge on any atom is -0.394 e. The van der Waals surface area contributed by atoms with E-state index in [2.05, 4.69) is 40.7 Å². The lowest BCUT2D eigenvalue weighted by molar-refractivity contribution is -0.377. The molecule has 2 saturated heterocycles. The first-order valence-electron chi connectivity index (χ1n) is 20.4. The van der Waals surface area contributed by atoms with Crippen LogP contribution in [0.1, 0.15) is 107 Å². The van der Waals surface area contributed by atoms with Crippen molar-refractivity contribution in [3.8, 4) is 0 Å². The van der Waals surface area contributed by atoms with Crippen LogP contribution in [-0.2, 0) is 18.9 Å². The van der Waals surface area contributed by atoms with Crippen molar-refractivity contribution in [3.63, 3.8) is 0 Å². The van der Waals surface area contributed by atoms with Gasteiger partial charge >= 0.3 is 0 Å². The zero-order valence-corrected chi connectivity index (χ0v) is 33.5. The zero-order valence-electron chi connectivity index (χ0n) is 33.5. The summed E-state index contributed by atoms with van der Waals surface area (Å²) in [6.45, 7) is 16.0. The zero-order chi connectivity index (χ0) is 39.9. The fourth-order valence-electron chi connectivity index (χ4n) is 13.1. The van der Waals surface area contributed by atoms with Gasteiger partial charge in [-0.1, -0.05) is 46.3 Å². The number of allylic oxidation sites excluding steroid dienone is 2. The van der Waals surface area contributed by atoms with E-state index in [1.165, 1.54) is 5.57 Å². The highest BCUT2D eigenvalue weighted by Crippen LogP contribution is 2.76. The van der Waals surface area contributed by atoms with Crippen LogP contribution in [0.4, 0.5) is 0 Å². The second kappa shape index (κ2) is 15.1. The Morgan fingerprint density at radius 3 is 2.17 bits per heavy atom. The summed E-state index contributed by atoms with van der Waals surface area (Å²) in [4.78, 5) is 0. The lowest BCUT2D eigenvalue weighted by atomic mass is 9.34. The molecule has 4 aliphatic carbocycles. The second-order valence-electron chi connectivity index (χ2n) is 19.8.